The number of hydrogen-bond donors (Lipinski definition) is 2. The number of hydrogen-bond acceptors (Lipinski definition) is 7. The molecule has 26 heavy (non-hydrogen) atoms. The van der Waals surface area contributed by atoms with Gasteiger partial charge in [-0.3, -0.25) is 9.58 Å². The van der Waals surface area contributed by atoms with E-state index in [9.17, 15) is 5.11 Å². The third kappa shape index (κ3) is 3.72. The summed E-state index contributed by atoms with van der Waals surface area (Å²) in [6.45, 7) is 5.02. The van der Waals surface area contributed by atoms with Crippen molar-refractivity contribution in [3.63, 3.8) is 0 Å². The Bertz CT molecular complexity index is 726. The quantitative estimate of drug-likeness (QED) is 0.813. The zero-order valence-electron chi connectivity index (χ0n) is 15.0. The molecule has 140 valence electrons. The van der Waals surface area contributed by atoms with Crippen molar-refractivity contribution in [2.75, 3.05) is 31.1 Å². The molecule has 0 amide bonds. The molecule has 2 aromatic heterocycles. The van der Waals surface area contributed by atoms with Gasteiger partial charge in [0.05, 0.1) is 24.5 Å². The minimum Gasteiger partial charge on any atom is -0.393 e. The maximum absolute atomic E-state index is 9.75. The Morgan fingerprint density at radius 1 is 1.04 bits per heavy atom. The van der Waals surface area contributed by atoms with Crippen molar-refractivity contribution in [3.8, 4) is 0 Å². The van der Waals surface area contributed by atoms with Crippen molar-refractivity contribution in [2.24, 2.45) is 0 Å². The highest BCUT2D eigenvalue weighted by Gasteiger charge is 2.21. The molecular formula is C18H26N6O2. The van der Waals surface area contributed by atoms with Crippen molar-refractivity contribution in [1.29, 1.82) is 0 Å². The minimum absolute atomic E-state index is 0.305. The van der Waals surface area contributed by atoms with E-state index in [4.69, 9.17) is 5.11 Å². The number of piperidine rings is 1. The number of anilines is 1. The van der Waals surface area contributed by atoms with Crippen LogP contribution in [0.3, 0.4) is 0 Å². The van der Waals surface area contributed by atoms with Gasteiger partial charge in [0, 0.05) is 50.7 Å². The highest BCUT2D eigenvalue weighted by Crippen LogP contribution is 2.20. The summed E-state index contributed by atoms with van der Waals surface area (Å²) >= 11 is 0. The van der Waals surface area contributed by atoms with Gasteiger partial charge in [-0.15, -0.1) is 0 Å². The highest BCUT2D eigenvalue weighted by molar-refractivity contribution is 5.30. The Morgan fingerprint density at radius 2 is 1.81 bits per heavy atom. The van der Waals surface area contributed by atoms with E-state index in [0.717, 1.165) is 56.5 Å². The Balaban J connectivity index is 1.38. The molecule has 1 saturated heterocycles. The lowest BCUT2D eigenvalue weighted by Gasteiger charge is -2.28. The number of fused-ring (bicyclic) bond motifs is 1. The molecule has 0 aromatic carbocycles. The molecule has 1 fully saturated rings. The molecule has 0 radical (unpaired) electrons. The number of aromatic nitrogens is 4. The first-order valence-corrected chi connectivity index (χ1v) is 9.36. The van der Waals surface area contributed by atoms with Gasteiger partial charge in [-0.25, -0.2) is 9.97 Å². The van der Waals surface area contributed by atoms with Crippen LogP contribution in [-0.2, 0) is 19.6 Å². The van der Waals surface area contributed by atoms with Crippen LogP contribution in [0.15, 0.2) is 18.5 Å². The lowest BCUT2D eigenvalue weighted by atomic mass is 10.1. The van der Waals surface area contributed by atoms with Gasteiger partial charge in [0.1, 0.15) is 6.10 Å². The Morgan fingerprint density at radius 3 is 2.54 bits per heavy atom. The van der Waals surface area contributed by atoms with E-state index < -0.39 is 6.10 Å². The van der Waals surface area contributed by atoms with Crippen molar-refractivity contribution < 1.29 is 10.2 Å². The fourth-order valence-electron chi connectivity index (χ4n) is 3.68. The van der Waals surface area contributed by atoms with Gasteiger partial charge in [0.2, 0.25) is 5.95 Å². The molecule has 2 aliphatic rings. The number of nitrogens with zero attached hydrogens (tertiary/aromatic N) is 6. The summed E-state index contributed by atoms with van der Waals surface area (Å²) in [5.74, 6) is 0.841. The number of rotatable bonds is 5. The van der Waals surface area contributed by atoms with E-state index in [1.165, 1.54) is 19.3 Å². The second kappa shape index (κ2) is 7.69. The molecule has 1 atom stereocenters. The van der Waals surface area contributed by atoms with Gasteiger partial charge in [0.25, 0.3) is 0 Å². The standard InChI is InChI=1S/C18H26N6O2/c25-13-17(26)16-8-15-12-22(6-7-24(15)21-16)11-14-9-19-18(20-10-14)23-4-2-1-3-5-23/h8-10,17,25-26H,1-7,11-13H2/t17-/m1/s1. The minimum atomic E-state index is -0.905. The summed E-state index contributed by atoms with van der Waals surface area (Å²) in [6, 6.07) is 1.88. The molecule has 4 rings (SSSR count). The lowest BCUT2D eigenvalue weighted by molar-refractivity contribution is 0.0915. The summed E-state index contributed by atoms with van der Waals surface area (Å²) in [6.07, 6.45) is 6.71. The Labute approximate surface area is 153 Å². The topological polar surface area (TPSA) is 90.5 Å². The molecule has 0 unspecified atom stereocenters. The Hall–Kier alpha value is -2.03. The van der Waals surface area contributed by atoms with E-state index in [2.05, 4.69) is 24.9 Å². The normalized spacial score (nSPS) is 19.4. The molecule has 8 nitrogen and oxygen atoms in total. The first kappa shape index (κ1) is 17.4. The second-order valence-corrected chi connectivity index (χ2v) is 7.13. The summed E-state index contributed by atoms with van der Waals surface area (Å²) in [5.41, 5.74) is 2.71. The van der Waals surface area contributed by atoms with Crippen molar-refractivity contribution in [2.45, 2.75) is 45.0 Å². The van der Waals surface area contributed by atoms with Gasteiger partial charge >= 0.3 is 0 Å². The first-order valence-electron chi connectivity index (χ1n) is 9.36. The first-order chi connectivity index (χ1) is 12.7. The summed E-state index contributed by atoms with van der Waals surface area (Å²) in [5, 5.41) is 23.2. The molecule has 4 heterocycles. The van der Waals surface area contributed by atoms with Crippen molar-refractivity contribution >= 4 is 5.95 Å². The van der Waals surface area contributed by atoms with Crippen LogP contribution >= 0.6 is 0 Å². The van der Waals surface area contributed by atoms with E-state index in [-0.39, 0.29) is 6.61 Å². The zero-order valence-corrected chi connectivity index (χ0v) is 15.0. The molecule has 0 aliphatic carbocycles. The van der Waals surface area contributed by atoms with Gasteiger partial charge in [-0.05, 0) is 25.3 Å². The third-order valence-electron chi connectivity index (χ3n) is 5.15. The maximum Gasteiger partial charge on any atom is 0.225 e. The van der Waals surface area contributed by atoms with Crippen molar-refractivity contribution in [3.05, 3.63) is 35.4 Å². The lowest BCUT2D eigenvalue weighted by Crippen LogP contribution is -2.33. The maximum atomic E-state index is 9.75. The number of aliphatic hydroxyl groups excluding tert-OH is 2. The van der Waals surface area contributed by atoms with Crippen LogP contribution in [0.25, 0.3) is 0 Å². The van der Waals surface area contributed by atoms with Crippen LogP contribution in [0.5, 0.6) is 0 Å². The number of aliphatic hydroxyl groups is 2. The predicted molar refractivity (Wildman–Crippen MR) is 96.5 cm³/mol. The average Bonchev–Trinajstić information content (AvgIpc) is 3.12. The van der Waals surface area contributed by atoms with Crippen LogP contribution in [-0.4, -0.2) is 61.1 Å². The van der Waals surface area contributed by atoms with Crippen LogP contribution < -0.4 is 4.90 Å². The van der Waals surface area contributed by atoms with E-state index >= 15 is 0 Å². The molecule has 0 spiro atoms. The molecule has 2 aliphatic heterocycles. The van der Waals surface area contributed by atoms with Crippen LogP contribution in [0.2, 0.25) is 0 Å². The smallest absolute Gasteiger partial charge is 0.225 e. The molecule has 2 aromatic rings. The third-order valence-corrected chi connectivity index (χ3v) is 5.15. The van der Waals surface area contributed by atoms with Crippen LogP contribution in [0, 0.1) is 0 Å². The average molecular weight is 358 g/mol. The summed E-state index contributed by atoms with van der Waals surface area (Å²) in [7, 11) is 0. The zero-order chi connectivity index (χ0) is 17.9. The van der Waals surface area contributed by atoms with E-state index in [1.54, 1.807) is 0 Å². The van der Waals surface area contributed by atoms with Crippen LogP contribution in [0.1, 0.15) is 42.3 Å². The molecule has 0 bridgehead atoms. The van der Waals surface area contributed by atoms with E-state index in [1.807, 2.05) is 23.1 Å². The molecular weight excluding hydrogens is 332 g/mol. The summed E-state index contributed by atoms with van der Waals surface area (Å²) < 4.78 is 1.92. The van der Waals surface area contributed by atoms with Gasteiger partial charge in [0.15, 0.2) is 0 Å². The van der Waals surface area contributed by atoms with E-state index in [0.29, 0.717) is 5.69 Å². The fourth-order valence-corrected chi connectivity index (χ4v) is 3.68. The Kier molecular flexibility index (Phi) is 5.14. The molecule has 2 N–H and O–H groups in total. The SMILES string of the molecule is OC[C@@H](O)c1cc2n(n1)CCN(Cc1cnc(N3CCCCC3)nc1)C2. The summed E-state index contributed by atoms with van der Waals surface area (Å²) in [4.78, 5) is 13.7. The predicted octanol–water partition coefficient (Wildman–Crippen LogP) is 0.705. The van der Waals surface area contributed by atoms with Gasteiger partial charge in [-0.2, -0.15) is 5.10 Å². The largest absolute Gasteiger partial charge is 0.393 e. The fraction of sp³-hybridized carbons (Fsp3) is 0.611. The van der Waals surface area contributed by atoms with Gasteiger partial charge < -0.3 is 15.1 Å². The monoisotopic (exact) mass is 358 g/mol. The van der Waals surface area contributed by atoms with Crippen LogP contribution in [0.4, 0.5) is 5.95 Å². The molecule has 8 heteroatoms. The second-order valence-electron chi connectivity index (χ2n) is 7.13. The van der Waals surface area contributed by atoms with Crippen molar-refractivity contribution in [1.82, 2.24) is 24.6 Å². The highest BCUT2D eigenvalue weighted by atomic mass is 16.3. The molecule has 0 saturated carbocycles. The van der Waals surface area contributed by atoms with Gasteiger partial charge in [-0.1, -0.05) is 0 Å².